The largest absolute Gasteiger partial charge is 0.496 e. The average molecular weight is 378 g/mol. The summed E-state index contributed by atoms with van der Waals surface area (Å²) in [6.07, 6.45) is 4.14. The van der Waals surface area contributed by atoms with Gasteiger partial charge < -0.3 is 14.2 Å². The lowest BCUT2D eigenvalue weighted by Crippen LogP contribution is -2.30. The second-order valence-corrected chi connectivity index (χ2v) is 7.28. The first-order chi connectivity index (χ1) is 13.7. The van der Waals surface area contributed by atoms with E-state index in [1.165, 1.54) is 0 Å². The molecule has 0 aliphatic carbocycles. The predicted molar refractivity (Wildman–Crippen MR) is 108 cm³/mol. The fourth-order valence-electron chi connectivity index (χ4n) is 4.05. The van der Waals surface area contributed by atoms with Crippen molar-refractivity contribution in [3.05, 3.63) is 54.0 Å². The molecule has 3 heterocycles. The molecule has 28 heavy (non-hydrogen) atoms. The first kappa shape index (κ1) is 18.5. The third-order valence-corrected chi connectivity index (χ3v) is 5.42. The zero-order valence-electron chi connectivity index (χ0n) is 16.5. The Morgan fingerprint density at radius 3 is 2.93 bits per heavy atom. The van der Waals surface area contributed by atoms with Crippen molar-refractivity contribution >= 4 is 17.1 Å². The topological polar surface area (TPSA) is 60.2 Å². The molecule has 3 aromatic rings. The fraction of sp³-hybridized carbons (Fsp3) is 0.409. The second kappa shape index (κ2) is 8.00. The molecule has 1 aromatic carbocycles. The molecule has 1 amide bonds. The fourth-order valence-corrected chi connectivity index (χ4v) is 4.05. The van der Waals surface area contributed by atoms with Crippen LogP contribution < -0.4 is 4.74 Å². The molecule has 0 bridgehead atoms. The minimum absolute atomic E-state index is 0.142. The van der Waals surface area contributed by atoms with Gasteiger partial charge in [-0.25, -0.2) is 9.97 Å². The van der Waals surface area contributed by atoms with E-state index >= 15 is 0 Å². The number of hydrogen-bond acceptors (Lipinski definition) is 4. The summed E-state index contributed by atoms with van der Waals surface area (Å²) < 4.78 is 7.61. The zero-order valence-corrected chi connectivity index (χ0v) is 16.5. The number of hydrogen-bond donors (Lipinski definition) is 0. The third-order valence-electron chi connectivity index (χ3n) is 5.42. The van der Waals surface area contributed by atoms with Gasteiger partial charge in [-0.15, -0.1) is 0 Å². The van der Waals surface area contributed by atoms with E-state index in [0.29, 0.717) is 13.0 Å². The number of carbonyl (C=O) groups excluding carboxylic acids is 1. The Bertz CT molecular complexity index is 982. The summed E-state index contributed by atoms with van der Waals surface area (Å²) in [5.74, 6) is 2.22. The van der Waals surface area contributed by atoms with Crippen LogP contribution in [0.1, 0.15) is 37.1 Å². The second-order valence-electron chi connectivity index (χ2n) is 7.28. The van der Waals surface area contributed by atoms with Crippen LogP contribution in [0.4, 0.5) is 0 Å². The molecule has 146 valence electrons. The molecule has 6 heteroatoms. The average Bonchev–Trinajstić information content (AvgIpc) is 3.34. The summed E-state index contributed by atoms with van der Waals surface area (Å²) >= 11 is 0. The molecule has 1 aliphatic rings. The lowest BCUT2D eigenvalue weighted by atomic mass is 10.1. The number of para-hydroxylation sites is 1. The van der Waals surface area contributed by atoms with Crippen molar-refractivity contribution in [2.45, 2.75) is 38.6 Å². The van der Waals surface area contributed by atoms with Crippen molar-refractivity contribution in [1.82, 2.24) is 19.4 Å². The van der Waals surface area contributed by atoms with Crippen molar-refractivity contribution in [2.75, 3.05) is 20.2 Å². The van der Waals surface area contributed by atoms with E-state index in [-0.39, 0.29) is 11.8 Å². The quantitative estimate of drug-likeness (QED) is 0.660. The number of aromatic nitrogens is 3. The minimum atomic E-state index is 0.142. The van der Waals surface area contributed by atoms with Gasteiger partial charge in [-0.1, -0.05) is 25.1 Å². The van der Waals surface area contributed by atoms with Crippen LogP contribution in [0.25, 0.3) is 11.2 Å². The van der Waals surface area contributed by atoms with Gasteiger partial charge in [0, 0.05) is 37.3 Å². The first-order valence-corrected chi connectivity index (χ1v) is 9.92. The van der Waals surface area contributed by atoms with Crippen LogP contribution in [0.2, 0.25) is 0 Å². The maximum Gasteiger partial charge on any atom is 0.227 e. The van der Waals surface area contributed by atoms with Crippen LogP contribution in [0.5, 0.6) is 5.75 Å². The van der Waals surface area contributed by atoms with Gasteiger partial charge in [0.15, 0.2) is 5.65 Å². The highest BCUT2D eigenvalue weighted by Gasteiger charge is 2.31. The van der Waals surface area contributed by atoms with Gasteiger partial charge >= 0.3 is 0 Å². The first-order valence-electron chi connectivity index (χ1n) is 9.92. The summed E-state index contributed by atoms with van der Waals surface area (Å²) in [7, 11) is 1.64. The number of aryl methyl sites for hydroxylation is 1. The smallest absolute Gasteiger partial charge is 0.227 e. The van der Waals surface area contributed by atoms with Crippen molar-refractivity contribution in [3.63, 3.8) is 0 Å². The van der Waals surface area contributed by atoms with E-state index in [4.69, 9.17) is 9.72 Å². The van der Waals surface area contributed by atoms with Crippen LogP contribution in [-0.2, 0) is 17.8 Å². The van der Waals surface area contributed by atoms with Gasteiger partial charge in [-0.05, 0) is 31.0 Å². The Kier molecular flexibility index (Phi) is 5.28. The number of likely N-dealkylation sites (tertiary alicyclic amines) is 1. The van der Waals surface area contributed by atoms with E-state index in [1.54, 1.807) is 7.11 Å². The number of amides is 1. The number of imidazole rings is 1. The highest BCUT2D eigenvalue weighted by atomic mass is 16.5. The number of pyridine rings is 1. The van der Waals surface area contributed by atoms with Crippen molar-refractivity contribution in [3.8, 4) is 5.75 Å². The van der Waals surface area contributed by atoms with E-state index in [2.05, 4.69) is 16.5 Å². The summed E-state index contributed by atoms with van der Waals surface area (Å²) in [4.78, 5) is 24.2. The molecule has 0 unspecified atom stereocenters. The summed E-state index contributed by atoms with van der Waals surface area (Å²) in [5, 5.41) is 0. The van der Waals surface area contributed by atoms with Crippen LogP contribution in [0.15, 0.2) is 42.6 Å². The monoisotopic (exact) mass is 378 g/mol. The van der Waals surface area contributed by atoms with Gasteiger partial charge in [0.05, 0.1) is 13.5 Å². The van der Waals surface area contributed by atoms with Crippen LogP contribution in [0.3, 0.4) is 0 Å². The Hall–Kier alpha value is -2.89. The normalized spacial score (nSPS) is 16.6. The van der Waals surface area contributed by atoms with Gasteiger partial charge in [-0.2, -0.15) is 0 Å². The van der Waals surface area contributed by atoms with Gasteiger partial charge in [-0.3, -0.25) is 4.79 Å². The number of nitrogens with zero attached hydrogens (tertiary/aromatic N) is 4. The van der Waals surface area contributed by atoms with Crippen molar-refractivity contribution < 1.29 is 9.53 Å². The maximum absolute atomic E-state index is 12.9. The van der Waals surface area contributed by atoms with E-state index in [0.717, 1.165) is 54.2 Å². The Balaban J connectivity index is 1.52. The predicted octanol–water partition coefficient (Wildman–Crippen LogP) is 3.41. The van der Waals surface area contributed by atoms with Crippen molar-refractivity contribution in [1.29, 1.82) is 0 Å². The van der Waals surface area contributed by atoms with E-state index in [1.807, 2.05) is 47.5 Å². The van der Waals surface area contributed by atoms with Crippen LogP contribution in [0, 0.1) is 0 Å². The Labute approximate surface area is 165 Å². The molecule has 0 N–H and O–H groups in total. The molecular weight excluding hydrogens is 352 g/mol. The molecule has 6 nitrogen and oxygen atoms in total. The number of carbonyl (C=O) groups is 1. The molecule has 1 saturated heterocycles. The molecule has 1 aliphatic heterocycles. The van der Waals surface area contributed by atoms with Crippen LogP contribution in [-0.4, -0.2) is 45.5 Å². The standard InChI is InChI=1S/C22H26N4O2/c1-3-12-26-21(24-18-8-6-11-23-22(18)26)17-10-13-25(15-17)20(27)14-16-7-4-5-9-19(16)28-2/h4-9,11,17H,3,10,12-15H2,1-2H3/t17-/m0/s1. The zero-order chi connectivity index (χ0) is 19.5. The van der Waals surface area contributed by atoms with Gasteiger partial charge in [0.25, 0.3) is 0 Å². The lowest BCUT2D eigenvalue weighted by molar-refractivity contribution is -0.129. The molecule has 0 spiro atoms. The van der Waals surface area contributed by atoms with Gasteiger partial charge in [0.2, 0.25) is 5.91 Å². The molecular formula is C22H26N4O2. The molecule has 2 aromatic heterocycles. The highest BCUT2D eigenvalue weighted by Crippen LogP contribution is 2.30. The van der Waals surface area contributed by atoms with Crippen LogP contribution >= 0.6 is 0 Å². The lowest BCUT2D eigenvalue weighted by Gasteiger charge is -2.18. The maximum atomic E-state index is 12.9. The molecule has 4 rings (SSSR count). The number of benzene rings is 1. The molecule has 1 fully saturated rings. The third kappa shape index (κ3) is 3.46. The number of fused-ring (bicyclic) bond motifs is 1. The molecule has 0 saturated carbocycles. The number of rotatable bonds is 6. The SMILES string of the molecule is CCCn1c([C@H]2CCN(C(=O)Cc3ccccc3OC)C2)nc2cccnc21. The van der Waals surface area contributed by atoms with Crippen molar-refractivity contribution in [2.24, 2.45) is 0 Å². The summed E-state index contributed by atoms with van der Waals surface area (Å²) in [5.41, 5.74) is 2.81. The minimum Gasteiger partial charge on any atom is -0.496 e. The number of methoxy groups -OCH3 is 1. The van der Waals surface area contributed by atoms with E-state index in [9.17, 15) is 4.79 Å². The highest BCUT2D eigenvalue weighted by molar-refractivity contribution is 5.80. The molecule has 1 atom stereocenters. The summed E-state index contributed by atoms with van der Waals surface area (Å²) in [6.45, 7) is 4.53. The molecule has 0 radical (unpaired) electrons. The van der Waals surface area contributed by atoms with E-state index < -0.39 is 0 Å². The van der Waals surface area contributed by atoms with Gasteiger partial charge in [0.1, 0.15) is 17.1 Å². The Morgan fingerprint density at radius 1 is 1.25 bits per heavy atom. The summed E-state index contributed by atoms with van der Waals surface area (Å²) in [6, 6.07) is 11.7. The Morgan fingerprint density at radius 2 is 2.11 bits per heavy atom. The number of ether oxygens (including phenoxy) is 1.